The van der Waals surface area contributed by atoms with Gasteiger partial charge in [0.05, 0.1) is 10.8 Å². The van der Waals surface area contributed by atoms with E-state index in [1.165, 1.54) is 11.0 Å². The Bertz CT molecular complexity index is 2510. The highest BCUT2D eigenvalue weighted by Gasteiger charge is 2.73. The van der Waals surface area contributed by atoms with Crippen LogP contribution in [0.2, 0.25) is 0 Å². The minimum Gasteiger partial charge on any atom is -0.381 e. The summed E-state index contributed by atoms with van der Waals surface area (Å²) >= 11 is 0. The lowest BCUT2D eigenvalue weighted by molar-refractivity contribution is -0.376. The van der Waals surface area contributed by atoms with E-state index in [1.54, 1.807) is 18.7 Å². The quantitative estimate of drug-likeness (QED) is 0.201. The summed E-state index contributed by atoms with van der Waals surface area (Å²) in [5, 5.41) is 23.4. The van der Waals surface area contributed by atoms with Crippen LogP contribution in [0.5, 0.6) is 0 Å². The van der Waals surface area contributed by atoms with Gasteiger partial charge in [0, 0.05) is 87.9 Å². The molecule has 0 bridgehead atoms. The van der Waals surface area contributed by atoms with Gasteiger partial charge in [0.25, 0.3) is 11.2 Å². The van der Waals surface area contributed by atoms with E-state index in [0.29, 0.717) is 74.4 Å². The molecule has 0 aromatic heterocycles. The number of benzene rings is 2. The molecule has 80 heavy (non-hydrogen) atoms. The van der Waals surface area contributed by atoms with Crippen LogP contribution in [-0.2, 0) is 61.0 Å². The van der Waals surface area contributed by atoms with Crippen LogP contribution < -0.4 is 5.32 Å². The molecule has 3 N–H and O–H groups in total. The fourth-order valence-corrected chi connectivity index (χ4v) is 12.9. The maximum atomic E-state index is 14.1. The number of halogens is 15. The normalized spacial score (nSPS) is 25.1. The molecule has 2 saturated heterocycles. The highest BCUT2D eigenvalue weighted by molar-refractivity contribution is 5.86. The SMILES string of the molecule is CC(C)[C@]1(C(=O)N2CCc3ccc(C(O)(C(F)(F)F)C(F)(F)F)cc3C2)CC[C@@H](N(C(=O)C(F)(F)F)C2CCOCC2)C1.CC(C)[C@]1(C(=O)N2CCc3ccc(C(O)(C(F)(F)F)C(F)(F)F)cc3C2)CC[C@@H](NC2CCOCC2)C1. The third-order valence-electron chi connectivity index (χ3n) is 17.8. The van der Waals surface area contributed by atoms with Gasteiger partial charge in [0.2, 0.25) is 11.8 Å². The molecule has 0 unspecified atom stereocenters. The molecule has 4 aliphatic heterocycles. The Hall–Kier alpha value is -4.40. The number of aliphatic hydroxyl groups is 2. The van der Waals surface area contributed by atoms with E-state index < -0.39 is 93.9 Å². The van der Waals surface area contributed by atoms with Gasteiger partial charge >= 0.3 is 36.8 Å². The van der Waals surface area contributed by atoms with Gasteiger partial charge in [-0.25, -0.2) is 0 Å². The highest BCUT2D eigenvalue weighted by atomic mass is 19.4. The topological polar surface area (TPSA) is 132 Å². The molecule has 2 aromatic carbocycles. The summed E-state index contributed by atoms with van der Waals surface area (Å²) in [6.45, 7) is 9.13. The van der Waals surface area contributed by atoms with Crippen LogP contribution in [0.4, 0.5) is 65.9 Å². The second-order valence-corrected chi connectivity index (χ2v) is 22.9. The molecule has 2 aliphatic carbocycles. The first-order valence-corrected chi connectivity index (χ1v) is 26.8. The second-order valence-electron chi connectivity index (χ2n) is 22.9. The smallest absolute Gasteiger partial charge is 0.381 e. The number of ether oxygens (including phenoxy) is 2. The van der Waals surface area contributed by atoms with E-state index >= 15 is 0 Å². The van der Waals surface area contributed by atoms with E-state index in [2.05, 4.69) is 5.32 Å². The molecule has 0 radical (unpaired) electrons. The summed E-state index contributed by atoms with van der Waals surface area (Å²) in [6.07, 6.45) is -24.3. The number of amides is 3. The van der Waals surface area contributed by atoms with Crippen LogP contribution in [0.25, 0.3) is 0 Å². The average molecular weight is 1170 g/mol. The first kappa shape index (κ1) is 63.2. The van der Waals surface area contributed by atoms with Crippen molar-refractivity contribution in [3.05, 3.63) is 69.8 Å². The van der Waals surface area contributed by atoms with Gasteiger partial charge in [-0.2, -0.15) is 65.9 Å². The molecule has 0 spiro atoms. The third-order valence-corrected chi connectivity index (χ3v) is 17.8. The monoisotopic (exact) mass is 1170 g/mol. The summed E-state index contributed by atoms with van der Waals surface area (Å²) < 4.78 is 213. The first-order valence-electron chi connectivity index (χ1n) is 26.8. The lowest BCUT2D eigenvalue weighted by Gasteiger charge is -2.42. The van der Waals surface area contributed by atoms with Crippen LogP contribution in [-0.4, -0.2) is 137 Å². The molecule has 450 valence electrons. The van der Waals surface area contributed by atoms with Gasteiger partial charge in [0.1, 0.15) is 0 Å². The third kappa shape index (κ3) is 12.0. The maximum absolute atomic E-state index is 14.1. The van der Waals surface area contributed by atoms with Crippen molar-refractivity contribution in [2.24, 2.45) is 22.7 Å². The summed E-state index contributed by atoms with van der Waals surface area (Å²) in [4.78, 5) is 44.2. The number of rotatable bonds is 10. The van der Waals surface area contributed by atoms with Crippen molar-refractivity contribution >= 4 is 17.7 Å². The number of fused-ring (bicyclic) bond motifs is 2. The minimum absolute atomic E-state index is 0.00596. The second kappa shape index (κ2) is 23.0. The molecule has 4 heterocycles. The number of carbonyl (C=O) groups is 3. The van der Waals surface area contributed by atoms with Crippen LogP contribution >= 0.6 is 0 Å². The minimum atomic E-state index is -6.07. The molecular formula is C54H67F15N4O7. The van der Waals surface area contributed by atoms with Gasteiger partial charge < -0.3 is 39.7 Å². The van der Waals surface area contributed by atoms with E-state index in [4.69, 9.17) is 9.47 Å². The number of carbonyl (C=O) groups excluding carboxylic acids is 3. The molecule has 6 aliphatic rings. The van der Waals surface area contributed by atoms with Crippen LogP contribution in [0.1, 0.15) is 125 Å². The van der Waals surface area contributed by atoms with E-state index in [-0.39, 0.29) is 100 Å². The van der Waals surface area contributed by atoms with Gasteiger partial charge in [-0.3, -0.25) is 14.4 Å². The molecule has 2 saturated carbocycles. The molecule has 8 rings (SSSR count). The summed E-state index contributed by atoms with van der Waals surface area (Å²) in [5.74, 6) is -2.99. The van der Waals surface area contributed by atoms with Crippen LogP contribution in [0.15, 0.2) is 36.4 Å². The van der Waals surface area contributed by atoms with Crippen molar-refractivity contribution in [2.45, 2.75) is 184 Å². The average Bonchev–Trinajstić information content (AvgIpc) is 4.03. The zero-order valence-corrected chi connectivity index (χ0v) is 44.5. The number of hydrogen-bond donors (Lipinski definition) is 3. The lowest BCUT2D eigenvalue weighted by Crippen LogP contribution is -2.54. The Morgan fingerprint density at radius 2 is 0.950 bits per heavy atom. The van der Waals surface area contributed by atoms with E-state index in [1.807, 2.05) is 13.8 Å². The Kier molecular flexibility index (Phi) is 18.2. The Balaban J connectivity index is 0.000000234. The predicted octanol–water partition coefficient (Wildman–Crippen LogP) is 10.5. The fourth-order valence-electron chi connectivity index (χ4n) is 12.9. The zero-order valence-electron chi connectivity index (χ0n) is 44.5. The van der Waals surface area contributed by atoms with Crippen molar-refractivity contribution in [3.63, 3.8) is 0 Å². The van der Waals surface area contributed by atoms with Gasteiger partial charge in [-0.05, 0) is 111 Å². The van der Waals surface area contributed by atoms with Crippen LogP contribution in [0.3, 0.4) is 0 Å². The summed E-state index contributed by atoms with van der Waals surface area (Å²) in [5.41, 5.74) is -13.5. The molecule has 26 heteroatoms. The van der Waals surface area contributed by atoms with E-state index in [9.17, 15) is 90.5 Å². The van der Waals surface area contributed by atoms with Crippen LogP contribution in [0, 0.1) is 22.7 Å². The molecule has 3 amide bonds. The van der Waals surface area contributed by atoms with Crippen molar-refractivity contribution in [2.75, 3.05) is 39.5 Å². The Morgan fingerprint density at radius 3 is 1.35 bits per heavy atom. The molecule has 4 fully saturated rings. The summed E-state index contributed by atoms with van der Waals surface area (Å²) in [6, 6.07) is 3.71. The fraction of sp³-hybridized carbons (Fsp3) is 0.722. The lowest BCUT2D eigenvalue weighted by atomic mass is 9.73. The maximum Gasteiger partial charge on any atom is 0.471 e. The van der Waals surface area contributed by atoms with Crippen molar-refractivity contribution in [1.82, 2.24) is 20.0 Å². The van der Waals surface area contributed by atoms with Gasteiger partial charge in [0.15, 0.2) is 0 Å². The zero-order chi connectivity index (χ0) is 59.4. The van der Waals surface area contributed by atoms with Gasteiger partial charge in [-0.1, -0.05) is 64.1 Å². The largest absolute Gasteiger partial charge is 0.471 e. The number of nitrogens with one attached hydrogen (secondary N) is 1. The van der Waals surface area contributed by atoms with Crippen molar-refractivity contribution in [1.29, 1.82) is 0 Å². The number of hydrogen-bond acceptors (Lipinski definition) is 8. The molecule has 2 aromatic rings. The molecule has 11 nitrogen and oxygen atoms in total. The number of nitrogens with zero attached hydrogens (tertiary/aromatic N) is 3. The van der Waals surface area contributed by atoms with E-state index in [0.717, 1.165) is 36.3 Å². The van der Waals surface area contributed by atoms with Crippen molar-refractivity contribution < 1.29 is 99.9 Å². The first-order chi connectivity index (χ1) is 36.9. The summed E-state index contributed by atoms with van der Waals surface area (Å²) in [7, 11) is 0. The molecular weight excluding hydrogens is 1100 g/mol. The Labute approximate surface area is 452 Å². The van der Waals surface area contributed by atoms with Crippen molar-refractivity contribution in [3.8, 4) is 0 Å². The van der Waals surface area contributed by atoms with Gasteiger partial charge in [-0.15, -0.1) is 0 Å². The Morgan fingerprint density at radius 1 is 0.550 bits per heavy atom. The standard InChI is InChI=1S/C28H33F9N2O4.C26H34F6N2O3/c1-16(2)24(9-5-21(14-24)39(23(41)26(29,30)31)20-7-11-43-12-8-20)22(40)38-10-6-17-3-4-19(13-18(17)15-38)25(42,27(32,33)34)28(35,36)37;1-16(2)23(9-5-21(14-23)33-20-7-11-37-12-8-20)22(35)34-10-6-17-3-4-19(13-18(17)15-34)24(36,25(27,28)29)26(30,31)32/h3-4,13,16,20-21,42H,5-12,14-15H2,1-2H3;3-4,13,16,20-21,33,36H,5-12,14-15H2,1-2H3/t21-,24+;21-,23+/m11/s1. The highest BCUT2D eigenvalue weighted by Crippen LogP contribution is 2.54. The number of alkyl halides is 15. The molecule has 4 atom stereocenters. The predicted molar refractivity (Wildman–Crippen MR) is 257 cm³/mol.